The average molecular weight is 204 g/mol. The standard InChI is InChI=1S/C13H16O2/c14-12(15)13(9-10-13)8-4-7-11-5-2-1-3-6-11/h1-3,5-6H,4,7-10H2,(H,14,15). The van der Waals surface area contributed by atoms with Gasteiger partial charge in [-0.25, -0.2) is 0 Å². The molecule has 1 N–H and O–H groups in total. The number of carboxylic acids is 1. The second-order valence-electron chi connectivity index (χ2n) is 4.42. The highest BCUT2D eigenvalue weighted by Crippen LogP contribution is 2.49. The minimum Gasteiger partial charge on any atom is -0.481 e. The van der Waals surface area contributed by atoms with Gasteiger partial charge in [0, 0.05) is 0 Å². The fraction of sp³-hybridized carbons (Fsp3) is 0.462. The van der Waals surface area contributed by atoms with Crippen molar-refractivity contribution in [2.45, 2.75) is 32.1 Å². The Kier molecular flexibility index (Phi) is 2.76. The van der Waals surface area contributed by atoms with Crippen molar-refractivity contribution < 1.29 is 9.90 Å². The smallest absolute Gasteiger partial charge is 0.309 e. The lowest BCUT2D eigenvalue weighted by molar-refractivity contribution is -0.143. The maximum Gasteiger partial charge on any atom is 0.309 e. The summed E-state index contributed by atoms with van der Waals surface area (Å²) in [6.45, 7) is 0. The molecule has 0 aromatic heterocycles. The molecular weight excluding hydrogens is 188 g/mol. The van der Waals surface area contributed by atoms with Gasteiger partial charge in [-0.3, -0.25) is 4.79 Å². The van der Waals surface area contributed by atoms with Gasteiger partial charge in [-0.05, 0) is 37.7 Å². The predicted molar refractivity (Wildman–Crippen MR) is 58.7 cm³/mol. The van der Waals surface area contributed by atoms with Gasteiger partial charge in [0.05, 0.1) is 5.41 Å². The Bertz CT molecular complexity index is 339. The Hall–Kier alpha value is -1.31. The van der Waals surface area contributed by atoms with Crippen LogP contribution in [0.25, 0.3) is 0 Å². The molecule has 15 heavy (non-hydrogen) atoms. The van der Waals surface area contributed by atoms with Crippen LogP contribution in [0.1, 0.15) is 31.2 Å². The number of carboxylic acid groups (broad SMARTS) is 1. The lowest BCUT2D eigenvalue weighted by atomic mass is 9.97. The molecule has 0 aliphatic heterocycles. The van der Waals surface area contributed by atoms with E-state index in [2.05, 4.69) is 12.1 Å². The van der Waals surface area contributed by atoms with E-state index in [0.29, 0.717) is 0 Å². The SMILES string of the molecule is O=C(O)C1(CCCc2ccccc2)CC1. The van der Waals surface area contributed by atoms with Crippen molar-refractivity contribution in [3.63, 3.8) is 0 Å². The highest BCUT2D eigenvalue weighted by Gasteiger charge is 2.49. The third-order valence-electron chi connectivity index (χ3n) is 3.27. The Balaban J connectivity index is 1.79. The predicted octanol–water partition coefficient (Wildman–Crippen LogP) is 2.87. The lowest BCUT2D eigenvalue weighted by Gasteiger charge is -2.08. The second-order valence-corrected chi connectivity index (χ2v) is 4.42. The van der Waals surface area contributed by atoms with E-state index in [4.69, 9.17) is 5.11 Å². The van der Waals surface area contributed by atoms with Gasteiger partial charge in [0.15, 0.2) is 0 Å². The number of carbonyl (C=O) groups is 1. The monoisotopic (exact) mass is 204 g/mol. The van der Waals surface area contributed by atoms with Crippen LogP contribution in [0.3, 0.4) is 0 Å². The van der Waals surface area contributed by atoms with Crippen LogP contribution in [0, 0.1) is 5.41 Å². The molecule has 1 aromatic rings. The molecule has 0 amide bonds. The van der Waals surface area contributed by atoms with E-state index in [0.717, 1.165) is 32.1 Å². The second kappa shape index (κ2) is 4.05. The first-order valence-corrected chi connectivity index (χ1v) is 5.50. The minimum atomic E-state index is -0.601. The van der Waals surface area contributed by atoms with Crippen molar-refractivity contribution in [2.24, 2.45) is 5.41 Å². The number of aryl methyl sites for hydroxylation is 1. The van der Waals surface area contributed by atoms with Crippen LogP contribution in [-0.4, -0.2) is 11.1 Å². The van der Waals surface area contributed by atoms with E-state index in [1.54, 1.807) is 0 Å². The Labute approximate surface area is 89.9 Å². The van der Waals surface area contributed by atoms with Gasteiger partial charge in [-0.1, -0.05) is 30.3 Å². The molecule has 0 radical (unpaired) electrons. The number of benzene rings is 1. The fourth-order valence-corrected chi connectivity index (χ4v) is 2.00. The zero-order valence-corrected chi connectivity index (χ0v) is 8.78. The van der Waals surface area contributed by atoms with Crippen molar-refractivity contribution >= 4 is 5.97 Å². The first kappa shape index (κ1) is 10.2. The molecule has 2 nitrogen and oxygen atoms in total. The fourth-order valence-electron chi connectivity index (χ4n) is 2.00. The Morgan fingerprint density at radius 2 is 1.93 bits per heavy atom. The van der Waals surface area contributed by atoms with Gasteiger partial charge in [0.25, 0.3) is 0 Å². The van der Waals surface area contributed by atoms with Gasteiger partial charge < -0.3 is 5.11 Å². The Morgan fingerprint density at radius 3 is 2.47 bits per heavy atom. The van der Waals surface area contributed by atoms with Crippen molar-refractivity contribution in [1.82, 2.24) is 0 Å². The molecule has 0 bridgehead atoms. The summed E-state index contributed by atoms with van der Waals surface area (Å²) in [5, 5.41) is 9.00. The number of hydrogen-bond acceptors (Lipinski definition) is 1. The largest absolute Gasteiger partial charge is 0.481 e. The molecular formula is C13H16O2. The van der Waals surface area contributed by atoms with Crippen LogP contribution in [0.5, 0.6) is 0 Å². The summed E-state index contributed by atoms with van der Waals surface area (Å²) in [6.07, 6.45) is 4.55. The zero-order chi connectivity index (χ0) is 10.7. The summed E-state index contributed by atoms with van der Waals surface area (Å²) in [6, 6.07) is 10.3. The maximum absolute atomic E-state index is 10.9. The summed E-state index contributed by atoms with van der Waals surface area (Å²) in [7, 11) is 0. The molecule has 0 saturated heterocycles. The van der Waals surface area contributed by atoms with Gasteiger partial charge in [0.1, 0.15) is 0 Å². The summed E-state index contributed by atoms with van der Waals surface area (Å²) >= 11 is 0. The highest BCUT2D eigenvalue weighted by atomic mass is 16.4. The van der Waals surface area contributed by atoms with E-state index in [1.807, 2.05) is 18.2 Å². The highest BCUT2D eigenvalue weighted by molar-refractivity contribution is 5.77. The molecule has 0 heterocycles. The molecule has 1 aliphatic carbocycles. The summed E-state index contributed by atoms with van der Waals surface area (Å²) < 4.78 is 0. The van der Waals surface area contributed by atoms with E-state index >= 15 is 0 Å². The van der Waals surface area contributed by atoms with Gasteiger partial charge in [-0.15, -0.1) is 0 Å². The van der Waals surface area contributed by atoms with Crippen LogP contribution >= 0.6 is 0 Å². The third-order valence-corrected chi connectivity index (χ3v) is 3.27. The average Bonchev–Trinajstić information content (AvgIpc) is 3.01. The molecule has 1 aliphatic rings. The number of aliphatic carboxylic acids is 1. The van der Waals surface area contributed by atoms with E-state index in [9.17, 15) is 4.79 Å². The normalized spacial score (nSPS) is 17.3. The lowest BCUT2D eigenvalue weighted by Crippen LogP contribution is -2.14. The van der Waals surface area contributed by atoms with Crippen molar-refractivity contribution in [2.75, 3.05) is 0 Å². The Morgan fingerprint density at radius 1 is 1.27 bits per heavy atom. The molecule has 2 rings (SSSR count). The van der Waals surface area contributed by atoms with E-state index in [1.165, 1.54) is 5.56 Å². The van der Waals surface area contributed by atoms with Gasteiger partial charge in [0.2, 0.25) is 0 Å². The molecule has 80 valence electrons. The quantitative estimate of drug-likeness (QED) is 0.800. The summed E-state index contributed by atoms with van der Waals surface area (Å²) in [5.74, 6) is -0.601. The molecule has 0 unspecified atom stereocenters. The van der Waals surface area contributed by atoms with Crippen molar-refractivity contribution in [3.05, 3.63) is 35.9 Å². The molecule has 0 spiro atoms. The van der Waals surface area contributed by atoms with Crippen LogP contribution < -0.4 is 0 Å². The van der Waals surface area contributed by atoms with Gasteiger partial charge >= 0.3 is 5.97 Å². The molecule has 1 aromatic carbocycles. The molecule has 2 heteroatoms. The maximum atomic E-state index is 10.9. The first-order chi connectivity index (χ1) is 7.23. The van der Waals surface area contributed by atoms with E-state index < -0.39 is 5.97 Å². The number of rotatable bonds is 5. The van der Waals surface area contributed by atoms with Crippen molar-refractivity contribution in [3.8, 4) is 0 Å². The minimum absolute atomic E-state index is 0.352. The van der Waals surface area contributed by atoms with Crippen LogP contribution in [0.2, 0.25) is 0 Å². The topological polar surface area (TPSA) is 37.3 Å². The van der Waals surface area contributed by atoms with Crippen LogP contribution in [-0.2, 0) is 11.2 Å². The van der Waals surface area contributed by atoms with Crippen LogP contribution in [0.15, 0.2) is 30.3 Å². The summed E-state index contributed by atoms with van der Waals surface area (Å²) in [5.41, 5.74) is 0.952. The molecule has 0 atom stereocenters. The van der Waals surface area contributed by atoms with Gasteiger partial charge in [-0.2, -0.15) is 0 Å². The third kappa shape index (κ3) is 2.38. The zero-order valence-electron chi connectivity index (χ0n) is 8.78. The molecule has 1 saturated carbocycles. The first-order valence-electron chi connectivity index (χ1n) is 5.50. The number of hydrogen-bond donors (Lipinski definition) is 1. The van der Waals surface area contributed by atoms with Crippen LogP contribution in [0.4, 0.5) is 0 Å². The van der Waals surface area contributed by atoms with E-state index in [-0.39, 0.29) is 5.41 Å². The summed E-state index contributed by atoms with van der Waals surface area (Å²) in [4.78, 5) is 10.9. The molecule has 1 fully saturated rings. The van der Waals surface area contributed by atoms with Crippen molar-refractivity contribution in [1.29, 1.82) is 0 Å².